The molecule has 0 radical (unpaired) electrons. The first-order valence-corrected chi connectivity index (χ1v) is 5.05. The van der Waals surface area contributed by atoms with Gasteiger partial charge in [-0.2, -0.15) is 0 Å². The predicted molar refractivity (Wildman–Crippen MR) is 54.0 cm³/mol. The third-order valence-electron chi connectivity index (χ3n) is 1.67. The van der Waals surface area contributed by atoms with Crippen LogP contribution in [0.15, 0.2) is 6.20 Å². The number of nitrogens with one attached hydrogen (secondary N) is 1. The Balaban J connectivity index is 2.32. The van der Waals surface area contributed by atoms with Gasteiger partial charge in [0.25, 0.3) is 0 Å². The molecule has 0 aliphatic heterocycles. The van der Waals surface area contributed by atoms with Crippen molar-refractivity contribution in [1.29, 1.82) is 0 Å². The first-order valence-electron chi connectivity index (χ1n) is 3.83. The zero-order valence-corrected chi connectivity index (χ0v) is 8.94. The number of carbonyl (C=O) groups is 1. The highest BCUT2D eigenvalue weighted by atomic mass is 32.1. The predicted octanol–water partition coefficient (Wildman–Crippen LogP) is 1.17. The fourth-order valence-electron chi connectivity index (χ4n) is 1.07. The number of hydrogen-bond donors (Lipinski definition) is 1. The normalized spacial score (nSPS) is 10.6. The lowest BCUT2D eigenvalue weighted by Gasteiger charge is -1.92. The van der Waals surface area contributed by atoms with E-state index in [0.29, 0.717) is 9.65 Å². The maximum absolute atomic E-state index is 10.9. The van der Waals surface area contributed by atoms with Crippen LogP contribution in [0.4, 0.5) is 0 Å². The van der Waals surface area contributed by atoms with Crippen LogP contribution in [0.25, 0.3) is 4.96 Å². The van der Waals surface area contributed by atoms with Crippen molar-refractivity contribution in [3.05, 3.63) is 15.8 Å². The maximum Gasteiger partial charge on any atom is 0.311 e. The number of imidazole rings is 1. The molecule has 0 saturated heterocycles. The van der Waals surface area contributed by atoms with Crippen molar-refractivity contribution >= 4 is 34.5 Å². The molecule has 0 fully saturated rings. The number of fused-ring (bicyclic) bond motifs is 1. The van der Waals surface area contributed by atoms with Gasteiger partial charge < -0.3 is 4.74 Å². The molecule has 0 aromatic carbocycles. The van der Waals surface area contributed by atoms with Gasteiger partial charge in [-0.3, -0.25) is 9.89 Å². The Morgan fingerprint density at radius 2 is 2.64 bits per heavy atom. The van der Waals surface area contributed by atoms with Gasteiger partial charge in [-0.1, -0.05) is 11.3 Å². The molecule has 0 spiro atoms. The Morgan fingerprint density at radius 1 is 1.86 bits per heavy atom. The summed E-state index contributed by atoms with van der Waals surface area (Å²) in [7, 11) is 1.36. The molecule has 0 aliphatic rings. The highest BCUT2D eigenvalue weighted by molar-refractivity contribution is 7.73. The molecule has 0 unspecified atom stereocenters. The first kappa shape index (κ1) is 9.35. The molecular formula is C7H7N3O2S2. The molecule has 2 rings (SSSR count). The van der Waals surface area contributed by atoms with E-state index in [9.17, 15) is 4.79 Å². The van der Waals surface area contributed by atoms with E-state index in [0.717, 1.165) is 4.96 Å². The molecule has 1 N–H and O–H groups in total. The van der Waals surface area contributed by atoms with Crippen molar-refractivity contribution in [1.82, 2.24) is 14.6 Å². The Bertz CT molecular complexity index is 490. The quantitative estimate of drug-likeness (QED) is 0.620. The summed E-state index contributed by atoms with van der Waals surface area (Å²) in [4.78, 5) is 15.9. The van der Waals surface area contributed by atoms with E-state index in [4.69, 9.17) is 12.2 Å². The second-order valence-electron chi connectivity index (χ2n) is 2.64. The van der Waals surface area contributed by atoms with Gasteiger partial charge in [0.1, 0.15) is 0 Å². The lowest BCUT2D eigenvalue weighted by atomic mass is 10.3. The Morgan fingerprint density at radius 3 is 3.29 bits per heavy atom. The van der Waals surface area contributed by atoms with Crippen LogP contribution >= 0.6 is 23.6 Å². The van der Waals surface area contributed by atoms with Crippen LogP contribution in [0.2, 0.25) is 0 Å². The third kappa shape index (κ3) is 1.68. The molecule has 0 atom stereocenters. The molecule has 7 heteroatoms. The molecule has 5 nitrogen and oxygen atoms in total. The minimum Gasteiger partial charge on any atom is -0.469 e. The van der Waals surface area contributed by atoms with Gasteiger partial charge in [0, 0.05) is 0 Å². The van der Waals surface area contributed by atoms with E-state index in [-0.39, 0.29) is 12.4 Å². The van der Waals surface area contributed by atoms with E-state index >= 15 is 0 Å². The minimum absolute atomic E-state index is 0.186. The van der Waals surface area contributed by atoms with Gasteiger partial charge in [-0.05, 0) is 12.2 Å². The number of methoxy groups -OCH3 is 1. The lowest BCUT2D eigenvalue weighted by Crippen LogP contribution is -2.04. The fourth-order valence-corrected chi connectivity index (χ4v) is 2.06. The number of nitrogens with zero attached hydrogens (tertiary/aromatic N) is 2. The number of aromatic amines is 1. The number of H-pyrrole nitrogens is 1. The van der Waals surface area contributed by atoms with E-state index < -0.39 is 0 Å². The van der Waals surface area contributed by atoms with Crippen LogP contribution < -0.4 is 0 Å². The molecule has 0 aliphatic carbocycles. The maximum atomic E-state index is 10.9. The summed E-state index contributed by atoms with van der Waals surface area (Å²) in [5.41, 5.74) is 0.675. The van der Waals surface area contributed by atoms with E-state index in [1.807, 2.05) is 0 Å². The van der Waals surface area contributed by atoms with E-state index in [2.05, 4.69) is 14.8 Å². The van der Waals surface area contributed by atoms with Crippen molar-refractivity contribution in [2.45, 2.75) is 6.42 Å². The van der Waals surface area contributed by atoms with Crippen LogP contribution in [0, 0.1) is 3.95 Å². The molecule has 2 heterocycles. The highest BCUT2D eigenvalue weighted by Crippen LogP contribution is 2.11. The van der Waals surface area contributed by atoms with Crippen LogP contribution in [0.1, 0.15) is 5.69 Å². The standard InChI is InChI=1S/C7H7N3O2S2/c1-12-5(11)2-4-3-10-6(8-4)14-7(13)9-10/h3H,2H2,1H3,(H,9,13). The van der Waals surface area contributed by atoms with Crippen LogP contribution in [0.5, 0.6) is 0 Å². The Hall–Kier alpha value is -1.21. The number of esters is 1. The van der Waals surface area contributed by atoms with Gasteiger partial charge in [0.2, 0.25) is 4.96 Å². The van der Waals surface area contributed by atoms with Gasteiger partial charge in [0.15, 0.2) is 3.95 Å². The smallest absolute Gasteiger partial charge is 0.311 e. The van der Waals surface area contributed by atoms with E-state index in [1.54, 1.807) is 10.7 Å². The molecule has 0 amide bonds. The fraction of sp³-hybridized carbons (Fsp3) is 0.286. The van der Waals surface area contributed by atoms with Crippen LogP contribution in [-0.4, -0.2) is 27.7 Å². The SMILES string of the molecule is COC(=O)Cc1cn2[nH]c(=S)sc2n1. The zero-order chi connectivity index (χ0) is 10.1. The van der Waals surface area contributed by atoms with Gasteiger partial charge in [-0.15, -0.1) is 0 Å². The number of aromatic nitrogens is 3. The number of ether oxygens (including phenoxy) is 1. The molecule has 74 valence electrons. The average molecular weight is 229 g/mol. The van der Waals surface area contributed by atoms with Gasteiger partial charge in [0.05, 0.1) is 25.4 Å². The second kappa shape index (κ2) is 3.50. The van der Waals surface area contributed by atoms with Crippen molar-refractivity contribution in [2.24, 2.45) is 0 Å². The molecule has 2 aromatic rings. The van der Waals surface area contributed by atoms with Crippen molar-refractivity contribution in [2.75, 3.05) is 7.11 Å². The zero-order valence-electron chi connectivity index (χ0n) is 7.31. The number of carbonyl (C=O) groups excluding carboxylic acids is 1. The average Bonchev–Trinajstić information content (AvgIpc) is 2.60. The van der Waals surface area contributed by atoms with Gasteiger partial charge in [-0.25, -0.2) is 9.50 Å². The first-order chi connectivity index (χ1) is 6.69. The summed E-state index contributed by atoms with van der Waals surface area (Å²) >= 11 is 6.30. The summed E-state index contributed by atoms with van der Waals surface area (Å²) in [5.74, 6) is -0.297. The topological polar surface area (TPSA) is 59.4 Å². The summed E-state index contributed by atoms with van der Waals surface area (Å²) in [6, 6.07) is 0. The summed E-state index contributed by atoms with van der Waals surface area (Å²) in [6.45, 7) is 0. The summed E-state index contributed by atoms with van der Waals surface area (Å²) in [5, 5.41) is 2.91. The van der Waals surface area contributed by atoms with Crippen molar-refractivity contribution < 1.29 is 9.53 Å². The molecule has 0 bridgehead atoms. The second-order valence-corrected chi connectivity index (χ2v) is 4.28. The third-order valence-corrected chi connectivity index (χ3v) is 2.76. The minimum atomic E-state index is -0.297. The number of hydrogen-bond acceptors (Lipinski definition) is 5. The molecule has 2 aromatic heterocycles. The van der Waals surface area contributed by atoms with E-state index in [1.165, 1.54) is 18.4 Å². The molecule has 0 saturated carbocycles. The molecular weight excluding hydrogens is 222 g/mol. The van der Waals surface area contributed by atoms with Gasteiger partial charge >= 0.3 is 5.97 Å². The highest BCUT2D eigenvalue weighted by Gasteiger charge is 2.08. The van der Waals surface area contributed by atoms with Crippen LogP contribution in [-0.2, 0) is 16.0 Å². The lowest BCUT2D eigenvalue weighted by molar-refractivity contribution is -0.139. The summed E-state index contributed by atoms with van der Waals surface area (Å²) < 4.78 is 6.90. The van der Waals surface area contributed by atoms with Crippen molar-refractivity contribution in [3.63, 3.8) is 0 Å². The Labute approximate surface area is 88.3 Å². The van der Waals surface area contributed by atoms with Crippen molar-refractivity contribution in [3.8, 4) is 0 Å². The monoisotopic (exact) mass is 229 g/mol. The number of rotatable bonds is 2. The summed E-state index contributed by atoms with van der Waals surface area (Å²) in [6.07, 6.45) is 1.92. The van der Waals surface area contributed by atoms with Crippen LogP contribution in [0.3, 0.4) is 0 Å². The largest absolute Gasteiger partial charge is 0.469 e. The Kier molecular flexibility index (Phi) is 2.34. The molecule has 14 heavy (non-hydrogen) atoms.